The molecule has 1 rings (SSSR count). The second-order valence-electron chi connectivity index (χ2n) is 3.58. The Hall–Kier alpha value is -1.64. The molecule has 1 aromatic carbocycles. The number of allylic oxidation sites excluding steroid dienone is 1. The number of unbranched alkanes of at least 4 members (excludes halogenated alkanes) is 1. The van der Waals surface area contributed by atoms with Crippen molar-refractivity contribution in [1.82, 2.24) is 0 Å². The van der Waals surface area contributed by atoms with Gasteiger partial charge in [-0.05, 0) is 36.6 Å². The third-order valence-corrected chi connectivity index (χ3v) is 2.25. The van der Waals surface area contributed by atoms with Gasteiger partial charge in [0.1, 0.15) is 5.82 Å². The molecule has 0 aromatic heterocycles. The molecule has 0 spiro atoms. The minimum absolute atomic E-state index is 0.251. The molecule has 16 heavy (non-hydrogen) atoms. The van der Waals surface area contributed by atoms with Crippen LogP contribution in [0.4, 0.5) is 4.39 Å². The Morgan fingerprint density at radius 1 is 1.38 bits per heavy atom. The first-order valence-corrected chi connectivity index (χ1v) is 5.41. The van der Waals surface area contributed by atoms with Crippen molar-refractivity contribution in [2.75, 3.05) is 0 Å². The fraction of sp³-hybridized carbons (Fsp3) is 0.308. The molecule has 0 aliphatic rings. The second-order valence-corrected chi connectivity index (χ2v) is 3.58. The van der Waals surface area contributed by atoms with Crippen molar-refractivity contribution in [2.24, 2.45) is 5.16 Å². The van der Waals surface area contributed by atoms with Crippen molar-refractivity contribution in [3.8, 4) is 0 Å². The fourth-order valence-electron chi connectivity index (χ4n) is 1.29. The molecule has 0 amide bonds. The molecular formula is C13H16FNO. The van der Waals surface area contributed by atoms with Crippen molar-refractivity contribution in [2.45, 2.75) is 26.2 Å². The SMILES string of the molecule is CCCCC(/C=C/c1ccc(F)cc1)=N\O. The Bertz CT molecular complexity index is 368. The van der Waals surface area contributed by atoms with Gasteiger partial charge in [0, 0.05) is 0 Å². The van der Waals surface area contributed by atoms with Gasteiger partial charge in [0.15, 0.2) is 0 Å². The maximum absolute atomic E-state index is 12.6. The molecule has 0 saturated carbocycles. The van der Waals surface area contributed by atoms with E-state index in [4.69, 9.17) is 5.21 Å². The number of hydrogen-bond acceptors (Lipinski definition) is 2. The number of oxime groups is 1. The molecule has 1 aromatic rings. The van der Waals surface area contributed by atoms with Crippen LogP contribution < -0.4 is 0 Å². The van der Waals surface area contributed by atoms with E-state index in [0.717, 1.165) is 24.8 Å². The monoisotopic (exact) mass is 221 g/mol. The Labute approximate surface area is 95.1 Å². The zero-order valence-electron chi connectivity index (χ0n) is 9.36. The minimum atomic E-state index is -0.251. The van der Waals surface area contributed by atoms with Gasteiger partial charge in [-0.2, -0.15) is 0 Å². The van der Waals surface area contributed by atoms with Crippen LogP contribution in [0.2, 0.25) is 0 Å². The van der Waals surface area contributed by atoms with E-state index in [1.54, 1.807) is 18.2 Å². The van der Waals surface area contributed by atoms with Crippen LogP contribution in [0.15, 0.2) is 35.5 Å². The van der Waals surface area contributed by atoms with Crippen molar-refractivity contribution >= 4 is 11.8 Å². The Balaban J connectivity index is 2.61. The van der Waals surface area contributed by atoms with E-state index in [-0.39, 0.29) is 5.82 Å². The zero-order chi connectivity index (χ0) is 11.8. The van der Waals surface area contributed by atoms with Crippen molar-refractivity contribution in [3.05, 3.63) is 41.7 Å². The third-order valence-electron chi connectivity index (χ3n) is 2.25. The lowest BCUT2D eigenvalue weighted by molar-refractivity contribution is 0.318. The van der Waals surface area contributed by atoms with Crippen LogP contribution in [0, 0.1) is 5.82 Å². The summed E-state index contributed by atoms with van der Waals surface area (Å²) in [4.78, 5) is 0. The molecule has 0 unspecified atom stereocenters. The van der Waals surface area contributed by atoms with Gasteiger partial charge in [0.25, 0.3) is 0 Å². The number of halogens is 1. The molecule has 0 heterocycles. The Morgan fingerprint density at radius 2 is 2.06 bits per heavy atom. The van der Waals surface area contributed by atoms with E-state index in [1.165, 1.54) is 12.1 Å². The molecule has 1 N–H and O–H groups in total. The summed E-state index contributed by atoms with van der Waals surface area (Å²) in [5.41, 5.74) is 1.53. The van der Waals surface area contributed by atoms with Gasteiger partial charge >= 0.3 is 0 Å². The van der Waals surface area contributed by atoms with E-state index in [9.17, 15) is 4.39 Å². The quantitative estimate of drug-likeness (QED) is 0.457. The molecule has 86 valence electrons. The maximum Gasteiger partial charge on any atom is 0.123 e. The van der Waals surface area contributed by atoms with Gasteiger partial charge in [0.2, 0.25) is 0 Å². The largest absolute Gasteiger partial charge is 0.411 e. The van der Waals surface area contributed by atoms with Crippen LogP contribution in [0.1, 0.15) is 31.7 Å². The highest BCUT2D eigenvalue weighted by Crippen LogP contribution is 2.06. The maximum atomic E-state index is 12.6. The van der Waals surface area contributed by atoms with E-state index in [1.807, 2.05) is 6.08 Å². The summed E-state index contributed by atoms with van der Waals surface area (Å²) in [6.45, 7) is 2.08. The van der Waals surface area contributed by atoms with Gasteiger partial charge in [-0.25, -0.2) is 4.39 Å². The highest BCUT2D eigenvalue weighted by Gasteiger charge is 1.95. The lowest BCUT2D eigenvalue weighted by Gasteiger charge is -1.97. The Kier molecular flexibility index (Phi) is 5.26. The summed E-state index contributed by atoms with van der Waals surface area (Å²) >= 11 is 0. The number of hydrogen-bond donors (Lipinski definition) is 1. The van der Waals surface area contributed by atoms with Crippen molar-refractivity contribution in [1.29, 1.82) is 0 Å². The van der Waals surface area contributed by atoms with Crippen molar-refractivity contribution < 1.29 is 9.60 Å². The molecule has 0 fully saturated rings. The summed E-state index contributed by atoms with van der Waals surface area (Å²) in [6.07, 6.45) is 6.37. The summed E-state index contributed by atoms with van der Waals surface area (Å²) in [6, 6.07) is 6.17. The second kappa shape index (κ2) is 6.77. The van der Waals surface area contributed by atoms with E-state index < -0.39 is 0 Å². The fourth-order valence-corrected chi connectivity index (χ4v) is 1.29. The standard InChI is InChI=1S/C13H16FNO/c1-2-3-4-13(15-16)10-7-11-5-8-12(14)9-6-11/h5-10,16H,2-4H2,1H3/b10-7+,15-13+. The first kappa shape index (κ1) is 12.4. The van der Waals surface area contributed by atoms with Crippen LogP contribution >= 0.6 is 0 Å². The van der Waals surface area contributed by atoms with Gasteiger partial charge in [-0.3, -0.25) is 0 Å². The Morgan fingerprint density at radius 3 is 2.62 bits per heavy atom. The molecule has 0 bridgehead atoms. The molecule has 0 radical (unpaired) electrons. The van der Waals surface area contributed by atoms with Crippen LogP contribution in [-0.2, 0) is 0 Å². The summed E-state index contributed by atoms with van der Waals surface area (Å²) in [5.74, 6) is -0.251. The van der Waals surface area contributed by atoms with Gasteiger partial charge in [-0.15, -0.1) is 0 Å². The average molecular weight is 221 g/mol. The van der Waals surface area contributed by atoms with Gasteiger partial charge in [-0.1, -0.05) is 36.7 Å². The highest BCUT2D eigenvalue weighted by molar-refractivity contribution is 5.97. The predicted molar refractivity (Wildman–Crippen MR) is 64.2 cm³/mol. The van der Waals surface area contributed by atoms with Crippen LogP contribution in [0.25, 0.3) is 6.08 Å². The number of rotatable bonds is 5. The van der Waals surface area contributed by atoms with Crippen molar-refractivity contribution in [3.63, 3.8) is 0 Å². The molecule has 0 atom stereocenters. The lowest BCUT2D eigenvalue weighted by atomic mass is 10.1. The highest BCUT2D eigenvalue weighted by atomic mass is 19.1. The van der Waals surface area contributed by atoms with Crippen LogP contribution in [-0.4, -0.2) is 10.9 Å². The molecular weight excluding hydrogens is 205 g/mol. The minimum Gasteiger partial charge on any atom is -0.411 e. The first-order valence-electron chi connectivity index (χ1n) is 5.41. The lowest BCUT2D eigenvalue weighted by Crippen LogP contribution is -1.92. The first-order chi connectivity index (χ1) is 7.76. The smallest absolute Gasteiger partial charge is 0.123 e. The molecule has 2 nitrogen and oxygen atoms in total. The third kappa shape index (κ3) is 4.26. The summed E-state index contributed by atoms with van der Waals surface area (Å²) in [5, 5.41) is 12.0. The van der Waals surface area contributed by atoms with E-state index in [0.29, 0.717) is 5.71 Å². The molecule has 0 aliphatic carbocycles. The molecule has 0 aliphatic heterocycles. The average Bonchev–Trinajstić information content (AvgIpc) is 2.32. The summed E-state index contributed by atoms with van der Waals surface area (Å²) < 4.78 is 12.6. The molecule has 3 heteroatoms. The number of benzene rings is 1. The topological polar surface area (TPSA) is 32.6 Å². The molecule has 0 saturated heterocycles. The summed E-state index contributed by atoms with van der Waals surface area (Å²) in [7, 11) is 0. The van der Waals surface area contributed by atoms with Crippen LogP contribution in [0.3, 0.4) is 0 Å². The van der Waals surface area contributed by atoms with Crippen LogP contribution in [0.5, 0.6) is 0 Å². The number of nitrogens with zero attached hydrogens (tertiary/aromatic N) is 1. The van der Waals surface area contributed by atoms with Gasteiger partial charge in [0.05, 0.1) is 5.71 Å². The predicted octanol–water partition coefficient (Wildman–Crippen LogP) is 3.86. The normalized spacial score (nSPS) is 12.2. The zero-order valence-corrected chi connectivity index (χ0v) is 9.36. The van der Waals surface area contributed by atoms with E-state index >= 15 is 0 Å². The van der Waals surface area contributed by atoms with E-state index in [2.05, 4.69) is 12.1 Å². The van der Waals surface area contributed by atoms with Gasteiger partial charge < -0.3 is 5.21 Å².